The summed E-state index contributed by atoms with van der Waals surface area (Å²) < 4.78 is 1.39. The lowest BCUT2D eigenvalue weighted by atomic mass is 9.87. The molecule has 2 heterocycles. The molecular weight excluding hydrogens is 232 g/mol. The maximum Gasteiger partial charge on any atom is 0.200 e. The maximum absolute atomic E-state index is 9.54. The van der Waals surface area contributed by atoms with Crippen LogP contribution >= 0.6 is 0 Å². The zero-order chi connectivity index (χ0) is 12.4. The number of hydrogen-bond acceptors (Lipinski definition) is 6. The molecule has 18 heavy (non-hydrogen) atoms. The first-order valence-electron chi connectivity index (χ1n) is 6.22. The van der Waals surface area contributed by atoms with Gasteiger partial charge in [-0.3, -0.25) is 0 Å². The lowest BCUT2D eigenvalue weighted by Gasteiger charge is -2.26. The number of aromatic nitrogens is 5. The molecule has 7 heteroatoms. The molecule has 0 radical (unpaired) electrons. The molecule has 0 atom stereocenters. The second-order valence-electron chi connectivity index (χ2n) is 4.96. The van der Waals surface area contributed by atoms with Crippen molar-refractivity contribution in [2.24, 2.45) is 5.41 Å². The zero-order valence-electron chi connectivity index (χ0n) is 10.1. The van der Waals surface area contributed by atoms with E-state index in [1.54, 1.807) is 0 Å². The second-order valence-corrected chi connectivity index (χ2v) is 4.96. The molecule has 1 fully saturated rings. The van der Waals surface area contributed by atoms with Gasteiger partial charge in [-0.2, -0.15) is 0 Å². The molecule has 0 aromatic carbocycles. The summed E-state index contributed by atoms with van der Waals surface area (Å²) in [4.78, 5) is 0. The third-order valence-corrected chi connectivity index (χ3v) is 3.71. The standard InChI is InChI=1S/C11H16N6O/c18-8-11(5-1-2-6-11)7-12-9-3-4-10-13-15-16-17(10)14-9/h3-4,18H,1-2,5-8H2,(H,12,14). The van der Waals surface area contributed by atoms with Gasteiger partial charge in [-0.05, 0) is 35.4 Å². The summed E-state index contributed by atoms with van der Waals surface area (Å²) in [7, 11) is 0. The SMILES string of the molecule is OCC1(CNc2ccc3nnnn3n2)CCCC1. The highest BCUT2D eigenvalue weighted by molar-refractivity contribution is 5.42. The lowest BCUT2D eigenvalue weighted by molar-refractivity contribution is 0.142. The largest absolute Gasteiger partial charge is 0.396 e. The fourth-order valence-electron chi connectivity index (χ4n) is 2.54. The van der Waals surface area contributed by atoms with Crippen LogP contribution in [0.3, 0.4) is 0 Å². The fourth-order valence-corrected chi connectivity index (χ4v) is 2.54. The topological polar surface area (TPSA) is 88.2 Å². The minimum absolute atomic E-state index is 0.0112. The second kappa shape index (κ2) is 4.49. The van der Waals surface area contributed by atoms with Gasteiger partial charge in [-0.25, -0.2) is 0 Å². The number of rotatable bonds is 4. The highest BCUT2D eigenvalue weighted by Gasteiger charge is 2.32. The quantitative estimate of drug-likeness (QED) is 0.818. The summed E-state index contributed by atoms with van der Waals surface area (Å²) >= 11 is 0. The summed E-state index contributed by atoms with van der Waals surface area (Å²) in [6, 6.07) is 3.67. The normalized spacial score (nSPS) is 18.3. The van der Waals surface area contributed by atoms with E-state index in [1.807, 2.05) is 12.1 Å². The van der Waals surface area contributed by atoms with Crippen LogP contribution in [0.15, 0.2) is 12.1 Å². The molecular formula is C11H16N6O. The van der Waals surface area contributed by atoms with Crippen molar-refractivity contribution in [2.75, 3.05) is 18.5 Å². The Morgan fingerprint density at radius 3 is 2.94 bits per heavy atom. The molecule has 0 bridgehead atoms. The highest BCUT2D eigenvalue weighted by Crippen LogP contribution is 2.37. The molecule has 96 valence electrons. The predicted octanol–water partition coefficient (Wildman–Crippen LogP) is 0.484. The zero-order valence-corrected chi connectivity index (χ0v) is 10.1. The van der Waals surface area contributed by atoms with Crippen molar-refractivity contribution in [1.82, 2.24) is 25.3 Å². The van der Waals surface area contributed by atoms with Crippen LogP contribution in [0.2, 0.25) is 0 Å². The smallest absolute Gasteiger partial charge is 0.200 e. The minimum atomic E-state index is 0.0112. The number of tetrazole rings is 1. The van der Waals surface area contributed by atoms with Crippen LogP contribution in [0.25, 0.3) is 5.65 Å². The van der Waals surface area contributed by atoms with Gasteiger partial charge < -0.3 is 10.4 Å². The number of fused-ring (bicyclic) bond motifs is 1. The number of nitrogens with one attached hydrogen (secondary N) is 1. The van der Waals surface area contributed by atoms with Crippen LogP contribution in [-0.4, -0.2) is 43.5 Å². The lowest BCUT2D eigenvalue weighted by Crippen LogP contribution is -2.30. The molecule has 0 saturated heterocycles. The number of nitrogens with zero attached hydrogens (tertiary/aromatic N) is 5. The van der Waals surface area contributed by atoms with Gasteiger partial charge in [0.2, 0.25) is 0 Å². The van der Waals surface area contributed by atoms with Gasteiger partial charge in [0.1, 0.15) is 5.82 Å². The molecule has 2 N–H and O–H groups in total. The summed E-state index contributed by atoms with van der Waals surface area (Å²) in [6.45, 7) is 0.970. The van der Waals surface area contributed by atoms with E-state index >= 15 is 0 Å². The van der Waals surface area contributed by atoms with Gasteiger partial charge in [-0.1, -0.05) is 12.8 Å². The van der Waals surface area contributed by atoms with E-state index in [0.717, 1.165) is 25.2 Å². The third kappa shape index (κ3) is 2.01. The molecule has 7 nitrogen and oxygen atoms in total. The summed E-state index contributed by atoms with van der Waals surface area (Å²) in [5, 5.41) is 28.2. The van der Waals surface area contributed by atoms with E-state index in [2.05, 4.69) is 25.9 Å². The maximum atomic E-state index is 9.54. The molecule has 0 amide bonds. The first-order valence-corrected chi connectivity index (χ1v) is 6.22. The Morgan fingerprint density at radius 2 is 2.17 bits per heavy atom. The van der Waals surface area contributed by atoms with Crippen molar-refractivity contribution in [3.63, 3.8) is 0 Å². The van der Waals surface area contributed by atoms with Crippen LogP contribution in [0, 0.1) is 5.41 Å². The first kappa shape index (κ1) is 11.3. The Bertz CT molecular complexity index is 533. The van der Waals surface area contributed by atoms with Gasteiger partial charge in [0.15, 0.2) is 5.65 Å². The molecule has 3 rings (SSSR count). The van der Waals surface area contributed by atoms with Crippen molar-refractivity contribution < 1.29 is 5.11 Å². The molecule has 2 aromatic heterocycles. The summed E-state index contributed by atoms with van der Waals surface area (Å²) in [5.74, 6) is 0.731. The van der Waals surface area contributed by atoms with E-state index < -0.39 is 0 Å². The summed E-state index contributed by atoms with van der Waals surface area (Å²) in [6.07, 6.45) is 4.54. The van der Waals surface area contributed by atoms with Crippen LogP contribution < -0.4 is 5.32 Å². The molecule has 0 spiro atoms. The molecule has 2 aromatic rings. The molecule has 0 aliphatic heterocycles. The average molecular weight is 248 g/mol. The first-order chi connectivity index (χ1) is 8.81. The Hall–Kier alpha value is -1.76. The minimum Gasteiger partial charge on any atom is -0.396 e. The third-order valence-electron chi connectivity index (χ3n) is 3.71. The van der Waals surface area contributed by atoms with Crippen LogP contribution in [0.5, 0.6) is 0 Å². The van der Waals surface area contributed by atoms with Gasteiger partial charge in [-0.15, -0.1) is 14.8 Å². The molecule has 1 aliphatic carbocycles. The Balaban J connectivity index is 1.72. The Labute approximate surface area is 104 Å². The van der Waals surface area contributed by atoms with E-state index in [9.17, 15) is 5.11 Å². The monoisotopic (exact) mass is 248 g/mol. The van der Waals surface area contributed by atoms with Crippen LogP contribution in [0.1, 0.15) is 25.7 Å². The molecule has 1 aliphatic rings. The number of hydrogen-bond donors (Lipinski definition) is 2. The van der Waals surface area contributed by atoms with Gasteiger partial charge in [0.05, 0.1) is 6.61 Å². The van der Waals surface area contributed by atoms with E-state index in [-0.39, 0.29) is 12.0 Å². The summed E-state index contributed by atoms with van der Waals surface area (Å²) in [5.41, 5.74) is 0.635. The van der Waals surface area contributed by atoms with Crippen molar-refractivity contribution in [2.45, 2.75) is 25.7 Å². The van der Waals surface area contributed by atoms with Crippen LogP contribution in [0.4, 0.5) is 5.82 Å². The van der Waals surface area contributed by atoms with E-state index in [4.69, 9.17) is 0 Å². The van der Waals surface area contributed by atoms with Gasteiger partial charge in [0, 0.05) is 12.0 Å². The Morgan fingerprint density at radius 1 is 1.33 bits per heavy atom. The average Bonchev–Trinajstić information content (AvgIpc) is 3.05. The van der Waals surface area contributed by atoms with Gasteiger partial charge >= 0.3 is 0 Å². The van der Waals surface area contributed by atoms with Crippen molar-refractivity contribution in [3.8, 4) is 0 Å². The number of aliphatic hydroxyl groups is 1. The number of anilines is 1. The number of aliphatic hydroxyl groups excluding tert-OH is 1. The van der Waals surface area contributed by atoms with Crippen molar-refractivity contribution in [1.29, 1.82) is 0 Å². The van der Waals surface area contributed by atoms with E-state index in [0.29, 0.717) is 5.65 Å². The van der Waals surface area contributed by atoms with Crippen molar-refractivity contribution in [3.05, 3.63) is 12.1 Å². The molecule has 0 unspecified atom stereocenters. The van der Waals surface area contributed by atoms with Crippen LogP contribution in [-0.2, 0) is 0 Å². The molecule has 1 saturated carbocycles. The van der Waals surface area contributed by atoms with E-state index in [1.165, 1.54) is 17.5 Å². The predicted molar refractivity (Wildman–Crippen MR) is 65.1 cm³/mol. The van der Waals surface area contributed by atoms with Crippen molar-refractivity contribution >= 4 is 11.5 Å². The van der Waals surface area contributed by atoms with Gasteiger partial charge in [0.25, 0.3) is 0 Å². The fraction of sp³-hybridized carbons (Fsp3) is 0.636. The Kier molecular flexibility index (Phi) is 2.83. The highest BCUT2D eigenvalue weighted by atomic mass is 16.3.